The highest BCUT2D eigenvalue weighted by molar-refractivity contribution is 5.92. The van der Waals surface area contributed by atoms with Crippen LogP contribution in [0.2, 0.25) is 0 Å². The Morgan fingerprint density at radius 3 is 2.31 bits per heavy atom. The molecule has 5 rings (SSSR count). The minimum Gasteiger partial charge on any atom is -0.378 e. The molecule has 0 spiro atoms. The first-order valence-electron chi connectivity index (χ1n) is 11.6. The number of morpholine rings is 1. The van der Waals surface area contributed by atoms with Gasteiger partial charge in [-0.25, -0.2) is 9.37 Å². The molecular weight excluding hydrogens is 405 g/mol. The summed E-state index contributed by atoms with van der Waals surface area (Å²) in [6.07, 6.45) is 0. The molecule has 0 aliphatic carbocycles. The van der Waals surface area contributed by atoms with Gasteiger partial charge in [0.25, 0.3) is 0 Å². The lowest BCUT2D eigenvalue weighted by Gasteiger charge is -2.29. The number of benzene rings is 2. The summed E-state index contributed by atoms with van der Waals surface area (Å²) >= 11 is 0. The molecule has 0 atom stereocenters. The molecule has 0 unspecified atom stereocenters. The van der Waals surface area contributed by atoms with Crippen LogP contribution in [0.1, 0.15) is 22.3 Å². The van der Waals surface area contributed by atoms with Gasteiger partial charge in [-0.05, 0) is 55.2 Å². The van der Waals surface area contributed by atoms with Gasteiger partial charge >= 0.3 is 0 Å². The van der Waals surface area contributed by atoms with Gasteiger partial charge in [0.1, 0.15) is 11.3 Å². The van der Waals surface area contributed by atoms with E-state index >= 15 is 0 Å². The molecule has 7 heteroatoms. The van der Waals surface area contributed by atoms with Crippen molar-refractivity contribution < 1.29 is 9.13 Å². The summed E-state index contributed by atoms with van der Waals surface area (Å²) in [5, 5.41) is 3.44. The molecule has 32 heavy (non-hydrogen) atoms. The second-order valence-electron chi connectivity index (χ2n) is 9.03. The molecule has 0 saturated carbocycles. The van der Waals surface area contributed by atoms with Crippen molar-refractivity contribution in [1.29, 1.82) is 0 Å². The molecule has 0 bridgehead atoms. The quantitative estimate of drug-likeness (QED) is 0.678. The van der Waals surface area contributed by atoms with Gasteiger partial charge in [-0.1, -0.05) is 12.1 Å². The lowest BCUT2D eigenvalue weighted by molar-refractivity contribution is 0.123. The molecule has 1 aromatic heterocycles. The smallest absolute Gasteiger partial charge is 0.207 e. The number of hydrogen-bond acceptors (Lipinski definition) is 5. The highest BCUT2D eigenvalue weighted by atomic mass is 19.1. The molecule has 3 aromatic rings. The van der Waals surface area contributed by atoms with Gasteiger partial charge < -0.3 is 24.4 Å². The minimum absolute atomic E-state index is 0.114. The van der Waals surface area contributed by atoms with Gasteiger partial charge in [0.15, 0.2) is 0 Å². The molecule has 2 aromatic carbocycles. The first-order valence-corrected chi connectivity index (χ1v) is 11.6. The summed E-state index contributed by atoms with van der Waals surface area (Å²) in [7, 11) is 0. The van der Waals surface area contributed by atoms with E-state index in [0.29, 0.717) is 17.7 Å². The van der Waals surface area contributed by atoms with Gasteiger partial charge in [0.05, 0.1) is 31.0 Å². The topological polar surface area (TPSA) is 45.6 Å². The summed E-state index contributed by atoms with van der Waals surface area (Å²) in [5.41, 5.74) is 7.08. The second-order valence-corrected chi connectivity index (χ2v) is 9.03. The monoisotopic (exact) mass is 437 g/mol. The maximum Gasteiger partial charge on any atom is 0.207 e. The van der Waals surface area contributed by atoms with Crippen LogP contribution in [-0.4, -0.2) is 62.0 Å². The zero-order valence-corrected chi connectivity index (χ0v) is 19.2. The van der Waals surface area contributed by atoms with Crippen LogP contribution >= 0.6 is 0 Å². The Balaban J connectivity index is 1.65. The Labute approximate surface area is 189 Å². The molecule has 2 fully saturated rings. The highest BCUT2D eigenvalue weighted by Crippen LogP contribution is 2.33. The van der Waals surface area contributed by atoms with Crippen LogP contribution in [0.3, 0.4) is 0 Å². The lowest BCUT2D eigenvalue weighted by atomic mass is 10.1. The largest absolute Gasteiger partial charge is 0.378 e. The van der Waals surface area contributed by atoms with E-state index in [1.165, 1.54) is 11.3 Å². The Bertz CT molecular complexity index is 1110. The van der Waals surface area contributed by atoms with Crippen LogP contribution in [0.4, 0.5) is 16.0 Å². The van der Waals surface area contributed by atoms with Crippen molar-refractivity contribution in [2.75, 3.05) is 62.3 Å². The number of imidazole rings is 1. The van der Waals surface area contributed by atoms with E-state index in [0.717, 1.165) is 75.0 Å². The Hall–Kier alpha value is -2.64. The number of nitrogens with zero attached hydrogens (tertiary/aromatic N) is 4. The van der Waals surface area contributed by atoms with Crippen molar-refractivity contribution in [3.63, 3.8) is 0 Å². The van der Waals surface area contributed by atoms with E-state index in [4.69, 9.17) is 9.72 Å². The average Bonchev–Trinajstić information content (AvgIpc) is 3.16. The van der Waals surface area contributed by atoms with Gasteiger partial charge in [0.2, 0.25) is 5.95 Å². The van der Waals surface area contributed by atoms with E-state index < -0.39 is 0 Å². The molecule has 2 saturated heterocycles. The van der Waals surface area contributed by atoms with Crippen LogP contribution in [-0.2, 0) is 11.3 Å². The van der Waals surface area contributed by atoms with Crippen molar-refractivity contribution in [3.8, 4) is 0 Å². The summed E-state index contributed by atoms with van der Waals surface area (Å²) in [4.78, 5) is 9.98. The van der Waals surface area contributed by atoms with Gasteiger partial charge in [-0.2, -0.15) is 0 Å². The Kier molecular flexibility index (Phi) is 5.78. The number of ether oxygens (including phenoxy) is 1. The number of aromatic nitrogens is 2. The molecule has 6 nitrogen and oxygen atoms in total. The van der Waals surface area contributed by atoms with E-state index in [9.17, 15) is 4.39 Å². The molecule has 0 radical (unpaired) electrons. The zero-order valence-electron chi connectivity index (χ0n) is 19.2. The average molecular weight is 438 g/mol. The first-order chi connectivity index (χ1) is 15.5. The number of hydrogen-bond donors (Lipinski definition) is 1. The number of halogens is 1. The normalized spacial score (nSPS) is 17.4. The predicted molar refractivity (Wildman–Crippen MR) is 128 cm³/mol. The van der Waals surface area contributed by atoms with Crippen molar-refractivity contribution in [3.05, 3.63) is 52.3 Å². The van der Waals surface area contributed by atoms with Crippen LogP contribution < -0.4 is 15.1 Å². The van der Waals surface area contributed by atoms with E-state index in [2.05, 4.69) is 38.7 Å². The second kappa shape index (κ2) is 8.71. The summed E-state index contributed by atoms with van der Waals surface area (Å²) < 4.78 is 22.2. The van der Waals surface area contributed by atoms with E-state index in [1.54, 1.807) is 0 Å². The molecule has 2 aliphatic rings. The van der Waals surface area contributed by atoms with Gasteiger partial charge in [-0.15, -0.1) is 0 Å². The molecule has 1 N–H and O–H groups in total. The molecule has 3 heterocycles. The third-order valence-corrected chi connectivity index (χ3v) is 6.55. The van der Waals surface area contributed by atoms with Crippen LogP contribution in [0, 0.1) is 26.6 Å². The molecule has 170 valence electrons. The maximum absolute atomic E-state index is 14.3. The fourth-order valence-corrected chi connectivity index (χ4v) is 4.95. The zero-order chi connectivity index (χ0) is 22.2. The number of aryl methyl sites for hydroxylation is 3. The molecule has 2 aliphatic heterocycles. The number of fused-ring (bicyclic) bond motifs is 1. The number of rotatable bonds is 4. The fourth-order valence-electron chi connectivity index (χ4n) is 4.95. The Morgan fingerprint density at radius 1 is 0.938 bits per heavy atom. The number of nitrogens with one attached hydrogen (secondary N) is 1. The lowest BCUT2D eigenvalue weighted by Crippen LogP contribution is -2.44. The van der Waals surface area contributed by atoms with E-state index in [-0.39, 0.29) is 5.82 Å². The molecular formula is C25H32FN5O. The maximum atomic E-state index is 14.3. The highest BCUT2D eigenvalue weighted by Gasteiger charge is 2.24. The number of anilines is 2. The van der Waals surface area contributed by atoms with Crippen molar-refractivity contribution in [2.45, 2.75) is 27.3 Å². The van der Waals surface area contributed by atoms with Gasteiger partial charge in [-0.3, -0.25) is 0 Å². The fraction of sp³-hybridized carbons (Fsp3) is 0.480. The van der Waals surface area contributed by atoms with Crippen LogP contribution in [0.15, 0.2) is 24.3 Å². The standard InChI is InChI=1S/C25H32FN5O/c1-17-12-21(29-8-10-32-11-9-29)24-22(13-17)31(25(28-24)30-6-4-27-5-7-30)16-20-14-18(2)23(26)19(3)15-20/h12-15,27H,4-11,16H2,1-3H3. The third-order valence-electron chi connectivity index (χ3n) is 6.55. The minimum atomic E-state index is -0.114. The van der Waals surface area contributed by atoms with Crippen LogP contribution in [0.5, 0.6) is 0 Å². The summed E-state index contributed by atoms with van der Waals surface area (Å²) in [6.45, 7) is 13.5. The van der Waals surface area contributed by atoms with Crippen molar-refractivity contribution in [2.24, 2.45) is 0 Å². The predicted octanol–water partition coefficient (Wildman–Crippen LogP) is 3.40. The number of piperazine rings is 1. The summed E-state index contributed by atoms with van der Waals surface area (Å²) in [5.74, 6) is 0.887. The van der Waals surface area contributed by atoms with Gasteiger partial charge in [0, 0.05) is 39.3 Å². The SMILES string of the molecule is Cc1cc(N2CCOCC2)c2nc(N3CCNCC3)n(Cc3cc(C)c(F)c(C)c3)c2c1. The van der Waals surface area contributed by atoms with E-state index in [1.807, 2.05) is 26.0 Å². The molecule has 0 amide bonds. The Morgan fingerprint density at radius 2 is 1.62 bits per heavy atom. The third kappa shape index (κ3) is 3.95. The first kappa shape index (κ1) is 21.2. The van der Waals surface area contributed by atoms with Crippen LogP contribution in [0.25, 0.3) is 11.0 Å². The summed E-state index contributed by atoms with van der Waals surface area (Å²) in [6, 6.07) is 8.42. The van der Waals surface area contributed by atoms with Crippen molar-refractivity contribution >= 4 is 22.7 Å². The van der Waals surface area contributed by atoms with Crippen molar-refractivity contribution in [1.82, 2.24) is 14.9 Å².